The van der Waals surface area contributed by atoms with Gasteiger partial charge in [-0.25, -0.2) is 4.98 Å². The number of benzene rings is 1. The van der Waals surface area contributed by atoms with Gasteiger partial charge in [0.25, 0.3) is 0 Å². The van der Waals surface area contributed by atoms with Gasteiger partial charge in [-0.05, 0) is 12.1 Å². The van der Waals surface area contributed by atoms with Crippen molar-refractivity contribution in [2.24, 2.45) is 0 Å². The average Bonchev–Trinajstić information content (AvgIpc) is 2.52. The summed E-state index contributed by atoms with van der Waals surface area (Å²) in [6, 6.07) is 7.23. The van der Waals surface area contributed by atoms with Crippen LogP contribution in [0.1, 0.15) is 5.69 Å². The van der Waals surface area contributed by atoms with Crippen LogP contribution in [0.3, 0.4) is 0 Å². The van der Waals surface area contributed by atoms with Crippen molar-refractivity contribution in [3.63, 3.8) is 0 Å². The number of methoxy groups -OCH3 is 1. The van der Waals surface area contributed by atoms with E-state index in [1.54, 1.807) is 24.3 Å². The van der Waals surface area contributed by atoms with Crippen LogP contribution in [-0.4, -0.2) is 34.7 Å². The van der Waals surface area contributed by atoms with Gasteiger partial charge >= 0.3 is 12.1 Å². The molecule has 0 atom stereocenters. The molecule has 0 aliphatic heterocycles. The number of carboxylic acids is 1. The van der Waals surface area contributed by atoms with Crippen molar-refractivity contribution in [1.29, 1.82) is 0 Å². The fourth-order valence-electron chi connectivity index (χ4n) is 1.74. The van der Waals surface area contributed by atoms with E-state index >= 15 is 0 Å². The van der Waals surface area contributed by atoms with Crippen LogP contribution in [0.2, 0.25) is 0 Å². The Kier molecular flexibility index (Phi) is 5.07. The minimum absolute atomic E-state index is 0.140. The molecule has 24 heavy (non-hydrogen) atoms. The van der Waals surface area contributed by atoms with Crippen molar-refractivity contribution in [2.45, 2.75) is 6.18 Å². The normalized spacial score (nSPS) is 11.0. The number of alkyl halides is 3. The van der Waals surface area contributed by atoms with Gasteiger partial charge in [-0.3, -0.25) is 4.79 Å². The van der Waals surface area contributed by atoms with Crippen LogP contribution in [0.4, 0.5) is 30.6 Å². The van der Waals surface area contributed by atoms with Gasteiger partial charge in [0.15, 0.2) is 5.69 Å². The Bertz CT molecular complexity index is 737. The number of carbonyl (C=O) groups is 1. The summed E-state index contributed by atoms with van der Waals surface area (Å²) >= 11 is 0. The first-order chi connectivity index (χ1) is 11.3. The molecule has 0 radical (unpaired) electrons. The quantitative estimate of drug-likeness (QED) is 0.743. The van der Waals surface area contributed by atoms with Crippen molar-refractivity contribution in [1.82, 2.24) is 9.97 Å². The third-order valence-electron chi connectivity index (χ3n) is 2.76. The molecule has 0 saturated carbocycles. The van der Waals surface area contributed by atoms with E-state index in [-0.39, 0.29) is 5.82 Å². The third-order valence-corrected chi connectivity index (χ3v) is 2.76. The van der Waals surface area contributed by atoms with Gasteiger partial charge in [0.2, 0.25) is 5.95 Å². The molecule has 1 aromatic carbocycles. The maximum atomic E-state index is 12.9. The number of halogens is 3. The number of nitrogens with one attached hydrogen (secondary N) is 2. The van der Waals surface area contributed by atoms with Crippen LogP contribution < -0.4 is 15.4 Å². The number of nitrogens with zero attached hydrogens (tertiary/aromatic N) is 2. The molecule has 1 heterocycles. The Labute approximate surface area is 134 Å². The van der Waals surface area contributed by atoms with Gasteiger partial charge < -0.3 is 20.5 Å². The van der Waals surface area contributed by atoms with Crippen LogP contribution in [0.25, 0.3) is 0 Å². The predicted octanol–water partition coefficient (Wildman–Crippen LogP) is 2.74. The molecule has 0 bridgehead atoms. The molecular formula is C14H13F3N4O3. The molecule has 0 aliphatic rings. The van der Waals surface area contributed by atoms with Crippen molar-refractivity contribution in [2.75, 3.05) is 24.3 Å². The molecule has 2 rings (SSSR count). The molecule has 0 spiro atoms. The molecule has 2 aromatic rings. The lowest BCUT2D eigenvalue weighted by atomic mass is 10.3. The lowest BCUT2D eigenvalue weighted by Gasteiger charge is -2.12. The Balaban J connectivity index is 2.32. The summed E-state index contributed by atoms with van der Waals surface area (Å²) < 4.78 is 43.8. The van der Waals surface area contributed by atoms with Crippen molar-refractivity contribution >= 4 is 23.4 Å². The Morgan fingerprint density at radius 1 is 1.29 bits per heavy atom. The second-order valence-corrected chi connectivity index (χ2v) is 4.56. The lowest BCUT2D eigenvalue weighted by Crippen LogP contribution is -2.17. The largest absolute Gasteiger partial charge is 0.497 e. The smallest absolute Gasteiger partial charge is 0.433 e. The van der Waals surface area contributed by atoms with E-state index in [9.17, 15) is 18.0 Å². The SMILES string of the molecule is COc1cccc(Nc2cc(C(F)(F)F)nc(NCC(=O)O)n2)c1. The Morgan fingerprint density at radius 2 is 2.04 bits per heavy atom. The highest BCUT2D eigenvalue weighted by Crippen LogP contribution is 2.30. The number of ether oxygens (including phenoxy) is 1. The number of rotatable bonds is 6. The standard InChI is InChI=1S/C14H13F3N4O3/c1-24-9-4-2-3-8(5-9)19-11-6-10(14(15,16)17)20-13(21-11)18-7-12(22)23/h2-6H,7H2,1H3,(H,22,23)(H2,18,19,20,21). The summed E-state index contributed by atoms with van der Waals surface area (Å²) in [6.45, 7) is -0.611. The first-order valence-corrected chi connectivity index (χ1v) is 6.61. The van der Waals surface area contributed by atoms with E-state index in [4.69, 9.17) is 9.84 Å². The van der Waals surface area contributed by atoms with Crippen LogP contribution >= 0.6 is 0 Å². The molecular weight excluding hydrogens is 329 g/mol. The predicted molar refractivity (Wildman–Crippen MR) is 79.4 cm³/mol. The summed E-state index contributed by atoms with van der Waals surface area (Å²) in [5.74, 6) is -1.33. The van der Waals surface area contributed by atoms with Crippen molar-refractivity contribution in [3.8, 4) is 5.75 Å². The van der Waals surface area contributed by atoms with Crippen LogP contribution in [-0.2, 0) is 11.0 Å². The molecule has 0 fully saturated rings. The van der Waals surface area contributed by atoms with E-state index in [0.29, 0.717) is 11.4 Å². The van der Waals surface area contributed by atoms with Crippen LogP contribution in [0.5, 0.6) is 5.75 Å². The Morgan fingerprint density at radius 3 is 2.67 bits per heavy atom. The summed E-state index contributed by atoms with van der Waals surface area (Å²) in [6.07, 6.45) is -4.70. The second-order valence-electron chi connectivity index (χ2n) is 4.56. The summed E-state index contributed by atoms with van der Waals surface area (Å²) in [4.78, 5) is 17.6. The maximum Gasteiger partial charge on any atom is 0.433 e. The maximum absolute atomic E-state index is 12.9. The number of hydrogen-bond donors (Lipinski definition) is 3. The number of aromatic nitrogens is 2. The molecule has 0 aliphatic carbocycles. The van der Waals surface area contributed by atoms with Crippen molar-refractivity contribution < 1.29 is 27.8 Å². The fourth-order valence-corrected chi connectivity index (χ4v) is 1.74. The van der Waals surface area contributed by atoms with Gasteiger partial charge in [0.05, 0.1) is 7.11 Å². The fraction of sp³-hybridized carbons (Fsp3) is 0.214. The zero-order chi connectivity index (χ0) is 17.7. The summed E-state index contributed by atoms with van der Waals surface area (Å²) in [5.41, 5.74) is -0.749. The summed E-state index contributed by atoms with van der Waals surface area (Å²) in [5, 5.41) is 13.5. The highest BCUT2D eigenvalue weighted by Gasteiger charge is 2.33. The summed E-state index contributed by atoms with van der Waals surface area (Å²) in [7, 11) is 1.46. The van der Waals surface area contributed by atoms with Gasteiger partial charge in [0.1, 0.15) is 18.1 Å². The molecule has 10 heteroatoms. The zero-order valence-electron chi connectivity index (χ0n) is 12.4. The van der Waals surface area contributed by atoms with Crippen LogP contribution in [0.15, 0.2) is 30.3 Å². The van der Waals surface area contributed by atoms with Gasteiger partial charge in [-0.1, -0.05) is 6.07 Å². The highest BCUT2D eigenvalue weighted by molar-refractivity contribution is 5.72. The van der Waals surface area contributed by atoms with E-state index < -0.39 is 30.3 Å². The molecule has 0 amide bonds. The molecule has 1 aromatic heterocycles. The lowest BCUT2D eigenvalue weighted by molar-refractivity contribution is -0.141. The van der Waals surface area contributed by atoms with Crippen molar-refractivity contribution in [3.05, 3.63) is 36.0 Å². The first kappa shape index (κ1) is 17.3. The van der Waals surface area contributed by atoms with E-state index in [1.165, 1.54) is 7.11 Å². The minimum atomic E-state index is -4.70. The van der Waals surface area contributed by atoms with E-state index in [1.807, 2.05) is 0 Å². The monoisotopic (exact) mass is 342 g/mol. The number of aliphatic carboxylic acids is 1. The van der Waals surface area contributed by atoms with E-state index in [2.05, 4.69) is 20.6 Å². The minimum Gasteiger partial charge on any atom is -0.497 e. The highest BCUT2D eigenvalue weighted by atomic mass is 19.4. The van der Waals surface area contributed by atoms with Crippen LogP contribution in [0, 0.1) is 0 Å². The van der Waals surface area contributed by atoms with Gasteiger partial charge in [-0.15, -0.1) is 0 Å². The Hall–Kier alpha value is -3.04. The number of hydrogen-bond acceptors (Lipinski definition) is 6. The molecule has 3 N–H and O–H groups in total. The first-order valence-electron chi connectivity index (χ1n) is 6.61. The third kappa shape index (κ3) is 4.73. The molecule has 0 unspecified atom stereocenters. The number of anilines is 3. The van der Waals surface area contributed by atoms with Gasteiger partial charge in [-0.2, -0.15) is 18.2 Å². The topological polar surface area (TPSA) is 96.4 Å². The number of carboxylic acid groups (broad SMARTS) is 1. The average molecular weight is 342 g/mol. The zero-order valence-corrected chi connectivity index (χ0v) is 12.4. The molecule has 128 valence electrons. The van der Waals surface area contributed by atoms with E-state index in [0.717, 1.165) is 6.07 Å². The van der Waals surface area contributed by atoms with Gasteiger partial charge in [0, 0.05) is 17.8 Å². The molecule has 0 saturated heterocycles. The molecule has 7 nitrogen and oxygen atoms in total. The second kappa shape index (κ2) is 7.02.